The van der Waals surface area contributed by atoms with Crippen molar-refractivity contribution in [1.29, 1.82) is 0 Å². The number of carbonyl (C=O) groups is 3. The minimum absolute atomic E-state index is 0.0208. The molecule has 2 amide bonds. The molecular formula is C18H24N2O5. The number of hydrogen-bond donors (Lipinski definition) is 2. The first-order valence-corrected chi connectivity index (χ1v) is 8.44. The van der Waals surface area contributed by atoms with Crippen LogP contribution in [-0.2, 0) is 14.4 Å². The summed E-state index contributed by atoms with van der Waals surface area (Å²) in [5.41, 5.74) is 0.628. The molecule has 0 aliphatic carbocycles. The maximum Gasteiger partial charge on any atom is 0.326 e. The van der Waals surface area contributed by atoms with E-state index in [9.17, 15) is 14.4 Å². The Morgan fingerprint density at radius 2 is 2.00 bits per heavy atom. The molecule has 136 valence electrons. The molecule has 25 heavy (non-hydrogen) atoms. The van der Waals surface area contributed by atoms with Gasteiger partial charge in [-0.25, -0.2) is 4.79 Å². The monoisotopic (exact) mass is 348 g/mol. The molecule has 0 aromatic heterocycles. The highest BCUT2D eigenvalue weighted by Crippen LogP contribution is 2.34. The number of hydrogen-bond acceptors (Lipinski definition) is 4. The fourth-order valence-electron chi connectivity index (χ4n) is 2.74. The van der Waals surface area contributed by atoms with Gasteiger partial charge in [0.1, 0.15) is 11.8 Å². The molecule has 2 N–H and O–H groups in total. The molecule has 0 fully saturated rings. The van der Waals surface area contributed by atoms with Gasteiger partial charge in [0.2, 0.25) is 5.91 Å². The average molecular weight is 348 g/mol. The van der Waals surface area contributed by atoms with Crippen LogP contribution in [0.15, 0.2) is 24.3 Å². The fraction of sp³-hybridized carbons (Fsp3) is 0.500. The smallest absolute Gasteiger partial charge is 0.326 e. The Labute approximate surface area is 147 Å². The van der Waals surface area contributed by atoms with E-state index in [1.165, 1.54) is 4.90 Å². The van der Waals surface area contributed by atoms with Gasteiger partial charge in [0.05, 0.1) is 5.69 Å². The quantitative estimate of drug-likeness (QED) is 0.783. The molecule has 2 rings (SSSR count). The Morgan fingerprint density at radius 3 is 2.60 bits per heavy atom. The molecular weight excluding hydrogens is 324 g/mol. The lowest BCUT2D eigenvalue weighted by Crippen LogP contribution is -2.48. The molecule has 0 saturated heterocycles. The summed E-state index contributed by atoms with van der Waals surface area (Å²) >= 11 is 0. The fourth-order valence-corrected chi connectivity index (χ4v) is 2.74. The number of benzene rings is 1. The topological polar surface area (TPSA) is 95.9 Å². The number of carboxylic acids is 1. The van der Waals surface area contributed by atoms with E-state index in [1.807, 2.05) is 13.0 Å². The van der Waals surface area contributed by atoms with Crippen molar-refractivity contribution in [1.82, 2.24) is 5.32 Å². The van der Waals surface area contributed by atoms with Gasteiger partial charge in [0.15, 0.2) is 6.10 Å². The van der Waals surface area contributed by atoms with Crippen molar-refractivity contribution in [2.75, 3.05) is 11.4 Å². The summed E-state index contributed by atoms with van der Waals surface area (Å²) in [6.07, 6.45) is -0.0162. The molecule has 7 heteroatoms. The summed E-state index contributed by atoms with van der Waals surface area (Å²) < 4.78 is 5.69. The van der Waals surface area contributed by atoms with E-state index in [2.05, 4.69) is 5.32 Å². The van der Waals surface area contributed by atoms with Crippen molar-refractivity contribution in [3.05, 3.63) is 24.3 Å². The van der Waals surface area contributed by atoms with Gasteiger partial charge in [-0.2, -0.15) is 0 Å². The highest BCUT2D eigenvalue weighted by Gasteiger charge is 2.33. The highest BCUT2D eigenvalue weighted by atomic mass is 16.5. The third-order valence-electron chi connectivity index (χ3n) is 4.15. The molecule has 0 radical (unpaired) electrons. The highest BCUT2D eigenvalue weighted by molar-refractivity contribution is 6.00. The summed E-state index contributed by atoms with van der Waals surface area (Å²) in [4.78, 5) is 37.4. The van der Waals surface area contributed by atoms with E-state index in [4.69, 9.17) is 9.84 Å². The zero-order valence-electron chi connectivity index (χ0n) is 14.7. The van der Waals surface area contributed by atoms with Crippen molar-refractivity contribution in [3.63, 3.8) is 0 Å². The number of nitrogens with one attached hydrogen (secondary N) is 1. The van der Waals surface area contributed by atoms with Crippen LogP contribution < -0.4 is 15.0 Å². The molecule has 1 heterocycles. The molecule has 2 atom stereocenters. The number of fused-ring (bicyclic) bond motifs is 1. The van der Waals surface area contributed by atoms with Crippen LogP contribution in [0.4, 0.5) is 5.69 Å². The first kappa shape index (κ1) is 18.8. The van der Waals surface area contributed by atoms with Crippen LogP contribution >= 0.6 is 0 Å². The predicted octanol–water partition coefficient (Wildman–Crippen LogP) is 1.81. The Bertz CT molecular complexity index is 659. The Kier molecular flexibility index (Phi) is 6.01. The van der Waals surface area contributed by atoms with Gasteiger partial charge in [-0.1, -0.05) is 32.9 Å². The first-order chi connectivity index (χ1) is 11.8. The van der Waals surface area contributed by atoms with Crippen LogP contribution in [0.5, 0.6) is 5.75 Å². The molecule has 1 aliphatic heterocycles. The van der Waals surface area contributed by atoms with E-state index in [0.29, 0.717) is 17.9 Å². The summed E-state index contributed by atoms with van der Waals surface area (Å²) in [7, 11) is 0. The van der Waals surface area contributed by atoms with Crippen molar-refractivity contribution in [3.8, 4) is 5.75 Å². The minimum Gasteiger partial charge on any atom is -0.480 e. The number of carbonyl (C=O) groups excluding carboxylic acids is 2. The average Bonchev–Trinajstić information content (AvgIpc) is 2.57. The molecule has 7 nitrogen and oxygen atoms in total. The van der Waals surface area contributed by atoms with Crippen LogP contribution in [0.25, 0.3) is 0 Å². The van der Waals surface area contributed by atoms with E-state index in [0.717, 1.165) is 0 Å². The van der Waals surface area contributed by atoms with Gasteiger partial charge in [-0.3, -0.25) is 9.59 Å². The van der Waals surface area contributed by atoms with Crippen molar-refractivity contribution in [2.24, 2.45) is 5.92 Å². The molecule has 0 bridgehead atoms. The lowest BCUT2D eigenvalue weighted by atomic mass is 10.0. The van der Waals surface area contributed by atoms with Crippen LogP contribution in [0.3, 0.4) is 0 Å². The summed E-state index contributed by atoms with van der Waals surface area (Å²) in [6.45, 7) is 5.49. The van der Waals surface area contributed by atoms with E-state index in [1.54, 1.807) is 32.0 Å². The number of amides is 2. The van der Waals surface area contributed by atoms with Crippen LogP contribution in [0.1, 0.15) is 33.6 Å². The van der Waals surface area contributed by atoms with E-state index >= 15 is 0 Å². The maximum absolute atomic E-state index is 12.5. The number of nitrogens with zero attached hydrogens (tertiary/aromatic N) is 1. The summed E-state index contributed by atoms with van der Waals surface area (Å²) in [6, 6.07) is 6.24. The van der Waals surface area contributed by atoms with Crippen LogP contribution in [0, 0.1) is 5.92 Å². The Balaban J connectivity index is 2.07. The zero-order chi connectivity index (χ0) is 18.6. The molecule has 2 unspecified atom stereocenters. The van der Waals surface area contributed by atoms with Gasteiger partial charge < -0.3 is 20.1 Å². The molecule has 1 aliphatic rings. The van der Waals surface area contributed by atoms with Crippen LogP contribution in [-0.4, -0.2) is 41.6 Å². The SMILES string of the molecule is CCC1Oc2ccccc2N(CCC(=O)NC(C(=O)O)C(C)C)C1=O. The Morgan fingerprint density at radius 1 is 1.32 bits per heavy atom. The lowest BCUT2D eigenvalue weighted by molar-refractivity contribution is -0.143. The third-order valence-corrected chi connectivity index (χ3v) is 4.15. The second-order valence-corrected chi connectivity index (χ2v) is 6.35. The van der Waals surface area contributed by atoms with E-state index < -0.39 is 24.0 Å². The van der Waals surface area contributed by atoms with Gasteiger partial charge in [0, 0.05) is 13.0 Å². The normalized spacial score (nSPS) is 17.7. The van der Waals surface area contributed by atoms with Crippen molar-refractivity contribution >= 4 is 23.5 Å². The minimum atomic E-state index is -1.07. The number of carboxylic acid groups (broad SMARTS) is 1. The largest absolute Gasteiger partial charge is 0.480 e. The number of anilines is 1. The summed E-state index contributed by atoms with van der Waals surface area (Å²) in [5, 5.41) is 11.7. The number of aliphatic carboxylic acids is 1. The number of rotatable bonds is 7. The number of ether oxygens (including phenoxy) is 1. The maximum atomic E-state index is 12.5. The van der Waals surface area contributed by atoms with Crippen LogP contribution in [0.2, 0.25) is 0 Å². The molecule has 0 spiro atoms. The second-order valence-electron chi connectivity index (χ2n) is 6.35. The van der Waals surface area contributed by atoms with Crippen molar-refractivity contribution < 1.29 is 24.2 Å². The standard InChI is InChI=1S/C18H24N2O5/c1-4-13-17(22)20(12-7-5-6-8-14(12)25-13)10-9-15(21)19-16(11(2)3)18(23)24/h5-8,11,13,16H,4,9-10H2,1-3H3,(H,19,21)(H,23,24). The Hall–Kier alpha value is -2.57. The second kappa shape index (κ2) is 8.00. The number of para-hydroxylation sites is 2. The summed E-state index contributed by atoms with van der Waals surface area (Å²) in [5.74, 6) is -1.27. The lowest BCUT2D eigenvalue weighted by Gasteiger charge is -2.34. The van der Waals surface area contributed by atoms with Gasteiger partial charge in [-0.05, 0) is 24.5 Å². The molecule has 1 aromatic rings. The molecule has 0 saturated carbocycles. The molecule has 1 aromatic carbocycles. The van der Waals surface area contributed by atoms with E-state index in [-0.39, 0.29) is 24.8 Å². The zero-order valence-corrected chi connectivity index (χ0v) is 14.7. The first-order valence-electron chi connectivity index (χ1n) is 8.44. The van der Waals surface area contributed by atoms with Gasteiger partial charge in [-0.15, -0.1) is 0 Å². The van der Waals surface area contributed by atoms with Gasteiger partial charge in [0.25, 0.3) is 5.91 Å². The third kappa shape index (κ3) is 4.29. The predicted molar refractivity (Wildman–Crippen MR) is 92.5 cm³/mol. The van der Waals surface area contributed by atoms with Gasteiger partial charge >= 0.3 is 5.97 Å². The van der Waals surface area contributed by atoms with Crippen molar-refractivity contribution in [2.45, 2.75) is 45.8 Å².